The number of hydrogen-bond acceptors (Lipinski definition) is 4. The van der Waals surface area contributed by atoms with Crippen molar-refractivity contribution in [2.45, 2.75) is 63.1 Å². The number of hydrogen-bond donors (Lipinski definition) is 1. The first-order valence-corrected chi connectivity index (χ1v) is 9.52. The van der Waals surface area contributed by atoms with Crippen LogP contribution < -0.4 is 5.73 Å². The molecule has 24 heavy (non-hydrogen) atoms. The highest BCUT2D eigenvalue weighted by atomic mass is 16.5. The first-order chi connectivity index (χ1) is 11.8. The van der Waals surface area contributed by atoms with Crippen molar-refractivity contribution in [2.24, 2.45) is 5.73 Å². The van der Waals surface area contributed by atoms with Gasteiger partial charge in [0.05, 0.1) is 25.5 Å². The maximum Gasteiger partial charge on any atom is 0.0993 e. The summed E-state index contributed by atoms with van der Waals surface area (Å²) in [6.45, 7) is 5.24. The standard InChI is InChI=1S/C20H32N2O2/c1-2-23-15-22-13-12-19(21)20(22)14-24-18-10-8-17(9-11-18)16-6-4-3-5-7-16/h3-7,17-20H,2,8-15,21H2,1H3/t17-,18+,19?,20?. The third kappa shape index (κ3) is 4.57. The third-order valence-corrected chi connectivity index (χ3v) is 5.62. The largest absolute Gasteiger partial charge is 0.377 e. The van der Waals surface area contributed by atoms with Crippen LogP contribution in [0.2, 0.25) is 0 Å². The summed E-state index contributed by atoms with van der Waals surface area (Å²) in [4.78, 5) is 2.34. The molecule has 4 nitrogen and oxygen atoms in total. The lowest BCUT2D eigenvalue weighted by Crippen LogP contribution is -2.44. The zero-order valence-electron chi connectivity index (χ0n) is 14.9. The topological polar surface area (TPSA) is 47.7 Å². The second-order valence-electron chi connectivity index (χ2n) is 7.17. The number of rotatable bonds is 7. The Kier molecular flexibility index (Phi) is 6.67. The van der Waals surface area contributed by atoms with Gasteiger partial charge in [-0.1, -0.05) is 30.3 Å². The molecule has 3 rings (SSSR count). The van der Waals surface area contributed by atoms with Crippen molar-refractivity contribution in [1.29, 1.82) is 0 Å². The van der Waals surface area contributed by atoms with Gasteiger partial charge in [-0.05, 0) is 50.5 Å². The van der Waals surface area contributed by atoms with Crippen molar-refractivity contribution in [3.8, 4) is 0 Å². The molecular weight excluding hydrogens is 300 g/mol. The van der Waals surface area contributed by atoms with E-state index in [9.17, 15) is 0 Å². The lowest BCUT2D eigenvalue weighted by Gasteiger charge is -2.32. The van der Waals surface area contributed by atoms with Crippen molar-refractivity contribution < 1.29 is 9.47 Å². The molecule has 2 N–H and O–H groups in total. The van der Waals surface area contributed by atoms with Crippen molar-refractivity contribution in [3.63, 3.8) is 0 Å². The molecule has 1 aliphatic carbocycles. The van der Waals surface area contributed by atoms with E-state index in [0.29, 0.717) is 24.8 Å². The van der Waals surface area contributed by atoms with Crippen molar-refractivity contribution in [3.05, 3.63) is 35.9 Å². The van der Waals surface area contributed by atoms with Crippen LogP contribution in [0.25, 0.3) is 0 Å². The van der Waals surface area contributed by atoms with Crippen LogP contribution >= 0.6 is 0 Å². The van der Waals surface area contributed by atoms with Crippen LogP contribution in [0, 0.1) is 0 Å². The van der Waals surface area contributed by atoms with Gasteiger partial charge in [-0.3, -0.25) is 4.90 Å². The Morgan fingerprint density at radius 3 is 2.54 bits per heavy atom. The van der Waals surface area contributed by atoms with E-state index in [2.05, 4.69) is 35.2 Å². The summed E-state index contributed by atoms with van der Waals surface area (Å²) in [5, 5.41) is 0. The van der Waals surface area contributed by atoms with Crippen molar-refractivity contribution in [2.75, 3.05) is 26.5 Å². The summed E-state index contributed by atoms with van der Waals surface area (Å²) in [6.07, 6.45) is 6.22. The number of benzene rings is 1. The molecule has 4 heteroatoms. The van der Waals surface area contributed by atoms with Crippen LogP contribution in [0.1, 0.15) is 50.5 Å². The first-order valence-electron chi connectivity index (χ1n) is 9.52. The van der Waals surface area contributed by atoms with Crippen molar-refractivity contribution in [1.82, 2.24) is 4.90 Å². The van der Waals surface area contributed by atoms with Crippen molar-refractivity contribution >= 4 is 0 Å². The van der Waals surface area contributed by atoms with Crippen LogP contribution in [0.3, 0.4) is 0 Å². The Balaban J connectivity index is 1.43. The second kappa shape index (κ2) is 8.95. The average Bonchev–Trinajstić information content (AvgIpc) is 2.99. The lowest BCUT2D eigenvalue weighted by atomic mass is 9.83. The maximum atomic E-state index is 6.28. The van der Waals surface area contributed by atoms with Crippen LogP contribution in [0.15, 0.2) is 30.3 Å². The van der Waals surface area contributed by atoms with Crippen LogP contribution in [-0.2, 0) is 9.47 Å². The maximum absolute atomic E-state index is 6.28. The number of likely N-dealkylation sites (tertiary alicyclic amines) is 1. The molecule has 2 aliphatic rings. The summed E-state index contributed by atoms with van der Waals surface area (Å²) < 4.78 is 11.8. The Morgan fingerprint density at radius 2 is 1.83 bits per heavy atom. The third-order valence-electron chi connectivity index (χ3n) is 5.62. The molecule has 0 spiro atoms. The molecule has 2 fully saturated rings. The van der Waals surface area contributed by atoms with E-state index in [1.807, 2.05) is 6.92 Å². The van der Waals surface area contributed by atoms with Gasteiger partial charge in [0.2, 0.25) is 0 Å². The van der Waals surface area contributed by atoms with Gasteiger partial charge in [0.25, 0.3) is 0 Å². The molecule has 1 aromatic rings. The highest BCUT2D eigenvalue weighted by Gasteiger charge is 2.33. The Bertz CT molecular complexity index is 474. The zero-order chi connectivity index (χ0) is 16.8. The van der Waals surface area contributed by atoms with Gasteiger partial charge in [0.1, 0.15) is 0 Å². The minimum atomic E-state index is 0.214. The Labute approximate surface area is 146 Å². The van der Waals surface area contributed by atoms with Gasteiger partial charge >= 0.3 is 0 Å². The van der Waals surface area contributed by atoms with Gasteiger partial charge in [0, 0.05) is 19.2 Å². The molecule has 1 saturated heterocycles. The fourth-order valence-electron chi connectivity index (χ4n) is 4.06. The van der Waals surface area contributed by atoms with Gasteiger partial charge in [-0.2, -0.15) is 0 Å². The molecule has 0 radical (unpaired) electrons. The van der Waals surface area contributed by atoms with Crippen LogP contribution in [-0.4, -0.2) is 49.6 Å². The SMILES string of the molecule is CCOCN1CCC(N)C1CO[C@H]1CC[C@@H](c2ccccc2)CC1. The summed E-state index contributed by atoms with van der Waals surface area (Å²) in [6, 6.07) is 11.4. The molecule has 0 aromatic heterocycles. The van der Waals surface area contributed by atoms with E-state index in [-0.39, 0.29) is 6.04 Å². The highest BCUT2D eigenvalue weighted by molar-refractivity contribution is 5.19. The number of nitrogens with zero attached hydrogens (tertiary/aromatic N) is 1. The van der Waals surface area contributed by atoms with Gasteiger partial charge in [0.15, 0.2) is 0 Å². The molecule has 0 amide bonds. The molecule has 2 atom stereocenters. The van der Waals surface area contributed by atoms with E-state index in [1.165, 1.54) is 18.4 Å². The van der Waals surface area contributed by atoms with Gasteiger partial charge < -0.3 is 15.2 Å². The number of ether oxygens (including phenoxy) is 2. The van der Waals surface area contributed by atoms with Crippen LogP contribution in [0.5, 0.6) is 0 Å². The highest BCUT2D eigenvalue weighted by Crippen LogP contribution is 2.34. The molecule has 0 bridgehead atoms. The second-order valence-corrected chi connectivity index (χ2v) is 7.17. The van der Waals surface area contributed by atoms with E-state index in [0.717, 1.165) is 39.0 Å². The predicted octanol–water partition coefficient (Wildman–Crippen LogP) is 3.13. The fourth-order valence-corrected chi connectivity index (χ4v) is 4.06. The molecule has 1 saturated carbocycles. The van der Waals surface area contributed by atoms with Crippen LogP contribution in [0.4, 0.5) is 0 Å². The van der Waals surface area contributed by atoms with Gasteiger partial charge in [-0.15, -0.1) is 0 Å². The summed E-state index contributed by atoms with van der Waals surface area (Å²) in [5.74, 6) is 0.703. The Morgan fingerprint density at radius 1 is 1.08 bits per heavy atom. The summed E-state index contributed by atoms with van der Waals surface area (Å²) >= 11 is 0. The number of nitrogens with two attached hydrogens (primary N) is 1. The quantitative estimate of drug-likeness (QED) is 0.833. The normalized spacial score (nSPS) is 31.4. The summed E-state index contributed by atoms with van der Waals surface area (Å²) in [7, 11) is 0. The molecule has 1 aromatic carbocycles. The smallest absolute Gasteiger partial charge is 0.0993 e. The minimum absolute atomic E-state index is 0.214. The average molecular weight is 332 g/mol. The first kappa shape index (κ1) is 17.9. The monoisotopic (exact) mass is 332 g/mol. The lowest BCUT2D eigenvalue weighted by molar-refractivity contribution is -0.0338. The minimum Gasteiger partial charge on any atom is -0.377 e. The fraction of sp³-hybridized carbons (Fsp3) is 0.700. The molecule has 134 valence electrons. The van der Waals surface area contributed by atoms with Gasteiger partial charge in [-0.25, -0.2) is 0 Å². The molecule has 1 aliphatic heterocycles. The molecular formula is C20H32N2O2. The van der Waals surface area contributed by atoms with E-state index >= 15 is 0 Å². The van der Waals surface area contributed by atoms with E-state index < -0.39 is 0 Å². The summed E-state index contributed by atoms with van der Waals surface area (Å²) in [5.41, 5.74) is 7.76. The molecule has 1 heterocycles. The Hall–Kier alpha value is -0.940. The molecule has 2 unspecified atom stereocenters. The zero-order valence-corrected chi connectivity index (χ0v) is 14.9. The van der Waals surface area contributed by atoms with E-state index in [1.54, 1.807) is 0 Å². The van der Waals surface area contributed by atoms with E-state index in [4.69, 9.17) is 15.2 Å². The predicted molar refractivity (Wildman–Crippen MR) is 97.0 cm³/mol.